The molecule has 7 nitrogen and oxygen atoms in total. The quantitative estimate of drug-likeness (QED) is 0.280. The monoisotopic (exact) mass is 472 g/mol. The fourth-order valence-corrected chi connectivity index (χ4v) is 2.75. The summed E-state index contributed by atoms with van der Waals surface area (Å²) in [5.74, 6) is 2.85. The second-order valence-electron chi connectivity index (χ2n) is 5.03. The zero-order valence-corrected chi connectivity index (χ0v) is 17.0. The Hall–Kier alpha value is -1.88. The summed E-state index contributed by atoms with van der Waals surface area (Å²) in [6, 6.07) is 7.78. The third-order valence-electron chi connectivity index (χ3n) is 3.24. The third kappa shape index (κ3) is 5.85. The summed E-state index contributed by atoms with van der Waals surface area (Å²) >= 11 is 1.71. The van der Waals surface area contributed by atoms with E-state index in [9.17, 15) is 0 Å². The summed E-state index contributed by atoms with van der Waals surface area (Å²) in [4.78, 5) is 10.2. The number of rotatable bonds is 7. The molecule has 0 saturated heterocycles. The molecule has 0 aliphatic heterocycles. The van der Waals surface area contributed by atoms with Gasteiger partial charge in [-0.05, 0) is 30.5 Å². The first kappa shape index (κ1) is 19.4. The number of nitrogens with one attached hydrogen (secondary N) is 3. The molecule has 0 atom stereocenters. The van der Waals surface area contributed by atoms with Gasteiger partial charge in [0.25, 0.3) is 0 Å². The number of aliphatic imine (C=N–C) groups is 1. The van der Waals surface area contributed by atoms with Crippen LogP contribution in [0.1, 0.15) is 17.6 Å². The molecular weight excluding hydrogens is 451 g/mol. The average Bonchev–Trinajstić information content (AvgIpc) is 3.33. The van der Waals surface area contributed by atoms with Crippen LogP contribution in [0.2, 0.25) is 0 Å². The lowest BCUT2D eigenvalue weighted by atomic mass is 10.4. The van der Waals surface area contributed by atoms with Crippen LogP contribution >= 0.6 is 35.3 Å². The minimum Gasteiger partial charge on any atom is -0.461 e. The fourth-order valence-electron chi connectivity index (χ4n) is 2.12. The lowest BCUT2D eigenvalue weighted by Gasteiger charge is -2.10. The van der Waals surface area contributed by atoms with Crippen molar-refractivity contribution in [3.05, 3.63) is 46.6 Å². The number of aromatic amines is 1. The highest BCUT2D eigenvalue weighted by molar-refractivity contribution is 14.0. The summed E-state index contributed by atoms with van der Waals surface area (Å²) in [5.41, 5.74) is 0. The summed E-state index contributed by atoms with van der Waals surface area (Å²) in [6.45, 7) is 4.26. The Labute approximate surface area is 167 Å². The zero-order chi connectivity index (χ0) is 16.6. The highest BCUT2D eigenvalue weighted by atomic mass is 127. The number of H-pyrrole nitrogens is 1. The molecule has 3 aromatic heterocycles. The van der Waals surface area contributed by atoms with Crippen molar-refractivity contribution in [3.63, 3.8) is 0 Å². The Balaban J connectivity index is 0.00000225. The van der Waals surface area contributed by atoms with Crippen LogP contribution in [0.15, 0.2) is 45.3 Å². The molecule has 3 rings (SSSR count). The molecular formula is C16H21IN6OS. The fraction of sp³-hybridized carbons (Fsp3) is 0.312. The first-order valence-corrected chi connectivity index (χ1v) is 8.73. The van der Waals surface area contributed by atoms with Crippen molar-refractivity contribution in [2.24, 2.45) is 4.99 Å². The van der Waals surface area contributed by atoms with Gasteiger partial charge >= 0.3 is 0 Å². The van der Waals surface area contributed by atoms with E-state index in [1.54, 1.807) is 17.6 Å². The molecule has 3 N–H and O–H groups in total. The minimum absolute atomic E-state index is 0. The Morgan fingerprint density at radius 2 is 2.24 bits per heavy atom. The Bertz CT molecular complexity index is 754. The summed E-state index contributed by atoms with van der Waals surface area (Å²) < 4.78 is 5.29. The molecule has 0 spiro atoms. The molecule has 3 heterocycles. The van der Waals surface area contributed by atoms with E-state index in [1.165, 1.54) is 4.88 Å². The Morgan fingerprint density at radius 1 is 1.32 bits per heavy atom. The van der Waals surface area contributed by atoms with Gasteiger partial charge in [0.05, 0.1) is 12.8 Å². The topological polar surface area (TPSA) is 91.1 Å². The summed E-state index contributed by atoms with van der Waals surface area (Å²) in [6.07, 6.45) is 2.33. The average molecular weight is 472 g/mol. The van der Waals surface area contributed by atoms with E-state index in [4.69, 9.17) is 4.42 Å². The molecule has 0 aliphatic carbocycles. The smallest absolute Gasteiger partial charge is 0.216 e. The van der Waals surface area contributed by atoms with E-state index in [0.717, 1.165) is 24.7 Å². The van der Waals surface area contributed by atoms with E-state index in [0.29, 0.717) is 24.7 Å². The summed E-state index contributed by atoms with van der Waals surface area (Å²) in [5, 5.41) is 15.7. The van der Waals surface area contributed by atoms with Crippen molar-refractivity contribution in [2.45, 2.75) is 19.9 Å². The molecule has 0 amide bonds. The molecule has 0 aliphatic rings. The number of hydrogen-bond donors (Lipinski definition) is 3. The zero-order valence-electron chi connectivity index (χ0n) is 13.9. The molecule has 0 saturated carbocycles. The van der Waals surface area contributed by atoms with Gasteiger partial charge < -0.3 is 15.1 Å². The summed E-state index contributed by atoms with van der Waals surface area (Å²) in [7, 11) is 0. The number of furan rings is 1. The van der Waals surface area contributed by atoms with E-state index >= 15 is 0 Å². The number of guanidine groups is 1. The molecule has 0 fully saturated rings. The number of halogens is 1. The van der Waals surface area contributed by atoms with Crippen LogP contribution in [0, 0.1) is 0 Å². The number of hydrogen-bond acceptors (Lipinski definition) is 5. The van der Waals surface area contributed by atoms with Gasteiger partial charge in [-0.2, -0.15) is 5.10 Å². The van der Waals surface area contributed by atoms with Crippen LogP contribution in [0.25, 0.3) is 11.6 Å². The first-order chi connectivity index (χ1) is 11.8. The van der Waals surface area contributed by atoms with Crippen LogP contribution in [0.4, 0.5) is 0 Å². The maximum Gasteiger partial charge on any atom is 0.216 e. The van der Waals surface area contributed by atoms with Gasteiger partial charge in [0, 0.05) is 24.4 Å². The maximum atomic E-state index is 5.29. The van der Waals surface area contributed by atoms with E-state index in [1.807, 2.05) is 18.2 Å². The van der Waals surface area contributed by atoms with Crippen molar-refractivity contribution in [1.29, 1.82) is 0 Å². The highest BCUT2D eigenvalue weighted by Crippen LogP contribution is 2.14. The second kappa shape index (κ2) is 10.2. The van der Waals surface area contributed by atoms with E-state index in [-0.39, 0.29) is 24.0 Å². The maximum absolute atomic E-state index is 5.29. The van der Waals surface area contributed by atoms with Crippen LogP contribution in [-0.4, -0.2) is 34.2 Å². The van der Waals surface area contributed by atoms with Crippen LogP contribution in [-0.2, 0) is 13.0 Å². The largest absolute Gasteiger partial charge is 0.461 e. The molecule has 0 radical (unpaired) electrons. The lowest BCUT2D eigenvalue weighted by molar-refractivity contribution is 0.577. The second-order valence-corrected chi connectivity index (χ2v) is 6.07. The predicted molar refractivity (Wildman–Crippen MR) is 110 cm³/mol. The Morgan fingerprint density at radius 3 is 2.96 bits per heavy atom. The molecule has 25 heavy (non-hydrogen) atoms. The van der Waals surface area contributed by atoms with Crippen molar-refractivity contribution in [1.82, 2.24) is 25.8 Å². The highest BCUT2D eigenvalue weighted by Gasteiger charge is 2.08. The van der Waals surface area contributed by atoms with Gasteiger partial charge in [0.15, 0.2) is 11.7 Å². The number of nitrogens with zero attached hydrogens (tertiary/aromatic N) is 3. The minimum atomic E-state index is 0. The van der Waals surface area contributed by atoms with E-state index < -0.39 is 0 Å². The van der Waals surface area contributed by atoms with Crippen LogP contribution in [0.3, 0.4) is 0 Å². The van der Waals surface area contributed by atoms with Crippen molar-refractivity contribution >= 4 is 41.3 Å². The van der Waals surface area contributed by atoms with Crippen molar-refractivity contribution < 1.29 is 4.42 Å². The number of thiophene rings is 1. The number of aromatic nitrogens is 3. The molecule has 3 aromatic rings. The van der Waals surface area contributed by atoms with Crippen molar-refractivity contribution in [2.75, 3.05) is 13.1 Å². The Kier molecular flexibility index (Phi) is 7.92. The van der Waals surface area contributed by atoms with Gasteiger partial charge in [0.1, 0.15) is 5.82 Å². The van der Waals surface area contributed by atoms with Gasteiger partial charge in [-0.25, -0.2) is 9.98 Å². The van der Waals surface area contributed by atoms with Gasteiger partial charge in [0.2, 0.25) is 5.82 Å². The van der Waals surface area contributed by atoms with Crippen molar-refractivity contribution in [3.8, 4) is 11.6 Å². The van der Waals surface area contributed by atoms with Gasteiger partial charge in [-0.3, -0.25) is 5.10 Å². The SMILES string of the molecule is CCNC(=NCc1cccs1)NCCc1nc(-c2ccco2)n[nH]1.I. The van der Waals surface area contributed by atoms with Gasteiger partial charge in [-0.15, -0.1) is 35.3 Å². The predicted octanol–water partition coefficient (Wildman–Crippen LogP) is 3.04. The standard InChI is InChI=1S/C16H20N6OS.HI/c1-2-17-16(19-11-12-5-4-10-24-12)18-8-7-14-20-15(22-21-14)13-6-3-9-23-13;/h3-6,9-10H,2,7-8,11H2,1H3,(H2,17,18,19)(H,20,21,22);1H. The molecule has 134 valence electrons. The normalized spacial score (nSPS) is 11.2. The van der Waals surface area contributed by atoms with Crippen LogP contribution < -0.4 is 10.6 Å². The van der Waals surface area contributed by atoms with E-state index in [2.05, 4.69) is 49.2 Å². The van der Waals surface area contributed by atoms with Gasteiger partial charge in [-0.1, -0.05) is 6.07 Å². The lowest BCUT2D eigenvalue weighted by Crippen LogP contribution is -2.38. The molecule has 0 unspecified atom stereocenters. The van der Waals surface area contributed by atoms with Crippen LogP contribution in [0.5, 0.6) is 0 Å². The third-order valence-corrected chi connectivity index (χ3v) is 4.11. The molecule has 0 aromatic carbocycles. The molecule has 9 heteroatoms. The first-order valence-electron chi connectivity index (χ1n) is 7.85. The molecule has 0 bridgehead atoms.